The highest BCUT2D eigenvalue weighted by molar-refractivity contribution is 6.76. The fourth-order valence-electron chi connectivity index (χ4n) is 2.60. The van der Waals surface area contributed by atoms with Gasteiger partial charge in [0.25, 0.3) is 9.70 Å². The molecule has 0 saturated carbocycles. The normalized spacial score (nSPS) is 17.6. The number of carbonyl (C=O) groups is 2. The first-order valence-electron chi connectivity index (χ1n) is 6.41. The average molecular weight is 362 g/mol. The number of carbonyl (C=O) groups excluding carboxylic acids is 2. The van der Waals surface area contributed by atoms with Crippen molar-refractivity contribution in [2.45, 2.75) is 16.3 Å². The van der Waals surface area contributed by atoms with E-state index in [-0.39, 0.29) is 5.78 Å². The number of benzene rings is 1. The Morgan fingerprint density at radius 2 is 2.14 bits per heavy atom. The van der Waals surface area contributed by atoms with Gasteiger partial charge in [-0.15, -0.1) is 0 Å². The van der Waals surface area contributed by atoms with Crippen LogP contribution < -0.4 is 10.1 Å². The van der Waals surface area contributed by atoms with Gasteiger partial charge in [0, 0.05) is 17.3 Å². The zero-order valence-electron chi connectivity index (χ0n) is 11.4. The fraction of sp³-hybridized carbons (Fsp3) is 0.286. The van der Waals surface area contributed by atoms with E-state index in [1.54, 1.807) is 13.2 Å². The van der Waals surface area contributed by atoms with Crippen LogP contribution in [0.15, 0.2) is 18.2 Å². The van der Waals surface area contributed by atoms with Crippen molar-refractivity contribution < 1.29 is 14.3 Å². The van der Waals surface area contributed by atoms with Crippen molar-refractivity contribution in [3.05, 3.63) is 29.5 Å². The van der Waals surface area contributed by atoms with Gasteiger partial charge in [-0.3, -0.25) is 9.59 Å². The van der Waals surface area contributed by atoms with Gasteiger partial charge in [0.2, 0.25) is 5.78 Å². The first kappa shape index (κ1) is 15.5. The topological polar surface area (TPSA) is 71.2 Å². The number of rotatable bonds is 2. The number of ether oxygens (including phenoxy) is 1. The molecule has 8 heteroatoms. The monoisotopic (exact) mass is 360 g/mol. The van der Waals surface area contributed by atoms with E-state index in [9.17, 15) is 9.59 Å². The van der Waals surface area contributed by atoms with Gasteiger partial charge in [-0.1, -0.05) is 34.8 Å². The van der Waals surface area contributed by atoms with E-state index in [0.29, 0.717) is 17.9 Å². The van der Waals surface area contributed by atoms with Crippen molar-refractivity contribution in [2.75, 3.05) is 7.11 Å². The van der Waals surface area contributed by atoms with Gasteiger partial charge in [-0.2, -0.15) is 0 Å². The minimum absolute atomic E-state index is 0.229. The second kappa shape index (κ2) is 5.33. The van der Waals surface area contributed by atoms with Gasteiger partial charge in [0.05, 0.1) is 18.8 Å². The summed E-state index contributed by atoms with van der Waals surface area (Å²) < 4.78 is 3.10. The van der Waals surface area contributed by atoms with Crippen LogP contribution in [0.3, 0.4) is 0 Å². The summed E-state index contributed by atoms with van der Waals surface area (Å²) in [5, 5.41) is 3.34. The SMILES string of the molecule is COc1ccc2[nH]c3c(c2c1)CC(NC(=O)C(Cl)(Cl)Cl)C3=O. The third kappa shape index (κ3) is 2.53. The molecule has 1 amide bonds. The maximum absolute atomic E-state index is 12.4. The third-order valence-electron chi connectivity index (χ3n) is 3.65. The van der Waals surface area contributed by atoms with Crippen molar-refractivity contribution >= 4 is 57.4 Å². The first-order chi connectivity index (χ1) is 10.3. The number of hydrogen-bond acceptors (Lipinski definition) is 3. The van der Waals surface area contributed by atoms with Crippen molar-refractivity contribution in [2.24, 2.45) is 0 Å². The Morgan fingerprint density at radius 3 is 2.77 bits per heavy atom. The molecule has 0 fully saturated rings. The van der Waals surface area contributed by atoms with Crippen LogP contribution in [-0.2, 0) is 11.2 Å². The Balaban J connectivity index is 1.92. The number of fused-ring (bicyclic) bond motifs is 3. The minimum atomic E-state index is -2.10. The molecule has 0 spiro atoms. The molecule has 1 aromatic carbocycles. The van der Waals surface area contributed by atoms with Crippen molar-refractivity contribution in [1.29, 1.82) is 0 Å². The molecule has 2 aromatic rings. The molecule has 1 aliphatic rings. The number of alkyl halides is 3. The lowest BCUT2D eigenvalue weighted by atomic mass is 10.1. The Bertz CT molecular complexity index is 779. The number of amides is 1. The van der Waals surface area contributed by atoms with E-state index in [0.717, 1.165) is 16.5 Å². The van der Waals surface area contributed by atoms with E-state index < -0.39 is 15.7 Å². The predicted molar refractivity (Wildman–Crippen MR) is 85.1 cm³/mol. The number of nitrogens with one attached hydrogen (secondary N) is 2. The second-order valence-electron chi connectivity index (χ2n) is 4.98. The van der Waals surface area contributed by atoms with Gasteiger partial charge in [-0.25, -0.2) is 0 Å². The number of halogens is 3. The lowest BCUT2D eigenvalue weighted by Crippen LogP contribution is -2.44. The van der Waals surface area contributed by atoms with E-state index in [1.165, 1.54) is 0 Å². The van der Waals surface area contributed by atoms with Gasteiger partial charge in [0.15, 0.2) is 0 Å². The molecule has 0 bridgehead atoms. The van der Waals surface area contributed by atoms with Crippen LogP contribution >= 0.6 is 34.8 Å². The van der Waals surface area contributed by atoms with Crippen LogP contribution in [0.4, 0.5) is 0 Å². The van der Waals surface area contributed by atoms with Crippen LogP contribution in [0.2, 0.25) is 0 Å². The highest BCUT2D eigenvalue weighted by Crippen LogP contribution is 2.33. The predicted octanol–water partition coefficient (Wildman–Crippen LogP) is 2.77. The van der Waals surface area contributed by atoms with Gasteiger partial charge < -0.3 is 15.0 Å². The van der Waals surface area contributed by atoms with E-state index in [4.69, 9.17) is 39.5 Å². The highest BCUT2D eigenvalue weighted by atomic mass is 35.6. The van der Waals surface area contributed by atoms with Crippen molar-refractivity contribution in [1.82, 2.24) is 10.3 Å². The molecule has 1 aliphatic carbocycles. The lowest BCUT2D eigenvalue weighted by Gasteiger charge is -2.15. The van der Waals surface area contributed by atoms with Gasteiger partial charge in [-0.05, 0) is 23.8 Å². The largest absolute Gasteiger partial charge is 0.497 e. The van der Waals surface area contributed by atoms with E-state index in [1.807, 2.05) is 12.1 Å². The standard InChI is InChI=1S/C14H11Cl3N2O3/c1-22-6-2-3-9-7(4-6)8-5-10(12(20)11(8)18-9)19-13(21)14(15,16)17/h2-4,10,18H,5H2,1H3,(H,19,21). The summed E-state index contributed by atoms with van der Waals surface area (Å²) in [4.78, 5) is 27.2. The minimum Gasteiger partial charge on any atom is -0.497 e. The molecule has 22 heavy (non-hydrogen) atoms. The molecule has 1 aromatic heterocycles. The summed E-state index contributed by atoms with van der Waals surface area (Å²) >= 11 is 16.5. The average Bonchev–Trinajstić information content (AvgIpc) is 2.95. The number of aromatic amines is 1. The fourth-order valence-corrected chi connectivity index (χ4v) is 2.77. The lowest BCUT2D eigenvalue weighted by molar-refractivity contribution is -0.120. The van der Waals surface area contributed by atoms with Crippen LogP contribution in [0.5, 0.6) is 5.75 Å². The number of methoxy groups -OCH3 is 1. The smallest absolute Gasteiger partial charge is 0.272 e. The van der Waals surface area contributed by atoms with Crippen molar-refractivity contribution in [3.63, 3.8) is 0 Å². The highest BCUT2D eigenvalue weighted by Gasteiger charge is 2.39. The van der Waals surface area contributed by atoms with Crippen LogP contribution in [0.1, 0.15) is 16.1 Å². The van der Waals surface area contributed by atoms with Crippen LogP contribution in [0, 0.1) is 0 Å². The summed E-state index contributed by atoms with van der Waals surface area (Å²) in [6.45, 7) is 0. The summed E-state index contributed by atoms with van der Waals surface area (Å²) in [6.07, 6.45) is 0.341. The zero-order valence-corrected chi connectivity index (χ0v) is 13.6. The van der Waals surface area contributed by atoms with Crippen molar-refractivity contribution in [3.8, 4) is 5.75 Å². The Hall–Kier alpha value is -1.43. The molecule has 1 heterocycles. The molecule has 1 atom stereocenters. The summed E-state index contributed by atoms with van der Waals surface area (Å²) in [6, 6.07) is 4.76. The molecule has 3 rings (SSSR count). The Labute approximate surface area is 140 Å². The molecule has 0 saturated heterocycles. The molecule has 0 radical (unpaired) electrons. The van der Waals surface area contributed by atoms with E-state index in [2.05, 4.69) is 10.3 Å². The molecule has 5 nitrogen and oxygen atoms in total. The number of Topliss-reactive ketones (excluding diaryl/α,β-unsaturated/α-hetero) is 1. The molecular formula is C14H11Cl3N2O3. The summed E-state index contributed by atoms with van der Waals surface area (Å²) in [7, 11) is 1.57. The van der Waals surface area contributed by atoms with Crippen LogP contribution in [0.25, 0.3) is 10.9 Å². The first-order valence-corrected chi connectivity index (χ1v) is 7.55. The van der Waals surface area contributed by atoms with Gasteiger partial charge >= 0.3 is 0 Å². The third-order valence-corrected chi connectivity index (χ3v) is 4.16. The quantitative estimate of drug-likeness (QED) is 0.808. The second-order valence-corrected chi connectivity index (χ2v) is 7.26. The van der Waals surface area contributed by atoms with Crippen LogP contribution in [-0.4, -0.2) is 33.6 Å². The Morgan fingerprint density at radius 1 is 1.41 bits per heavy atom. The number of hydrogen-bond donors (Lipinski definition) is 2. The maximum atomic E-state index is 12.4. The molecule has 2 N–H and O–H groups in total. The summed E-state index contributed by atoms with van der Waals surface area (Å²) in [5.41, 5.74) is 2.14. The molecule has 1 unspecified atom stereocenters. The Kier molecular flexibility index (Phi) is 3.75. The van der Waals surface area contributed by atoms with E-state index >= 15 is 0 Å². The maximum Gasteiger partial charge on any atom is 0.272 e. The molecular weight excluding hydrogens is 351 g/mol. The number of ketones is 1. The number of H-pyrrole nitrogens is 1. The number of aromatic nitrogens is 1. The molecule has 116 valence electrons. The summed E-state index contributed by atoms with van der Waals surface area (Å²) in [5.74, 6) is -0.355. The zero-order chi connectivity index (χ0) is 16.1. The molecule has 0 aliphatic heterocycles. The van der Waals surface area contributed by atoms with Gasteiger partial charge in [0.1, 0.15) is 5.75 Å².